The Bertz CT molecular complexity index is 375. The Morgan fingerprint density at radius 2 is 2.47 bits per heavy atom. The number of hydrogen-bond acceptors (Lipinski definition) is 4. The second kappa shape index (κ2) is 4.16. The minimum Gasteiger partial charge on any atom is -0.477 e. The standard InChI is InChI=1S/C10H13N3O2/c11-10(13-14)8-3-4-12-9(5-8)15-6-7-1-2-7/h3-5,7,14H,1-2,6H2,(H2,11,13). The zero-order valence-electron chi connectivity index (χ0n) is 8.26. The van der Waals surface area contributed by atoms with E-state index < -0.39 is 0 Å². The predicted molar refractivity (Wildman–Crippen MR) is 55.0 cm³/mol. The molecule has 1 aromatic rings. The minimum atomic E-state index is 0.0636. The lowest BCUT2D eigenvalue weighted by molar-refractivity contribution is 0.288. The average Bonchev–Trinajstić information content (AvgIpc) is 3.09. The summed E-state index contributed by atoms with van der Waals surface area (Å²) in [6.45, 7) is 0.701. The van der Waals surface area contributed by atoms with Crippen molar-refractivity contribution in [3.8, 4) is 5.88 Å². The van der Waals surface area contributed by atoms with Crippen LogP contribution in [-0.4, -0.2) is 22.6 Å². The van der Waals surface area contributed by atoms with Crippen molar-refractivity contribution in [1.82, 2.24) is 4.98 Å². The van der Waals surface area contributed by atoms with Crippen LogP contribution in [0.5, 0.6) is 5.88 Å². The maximum atomic E-state index is 8.51. The molecule has 0 saturated heterocycles. The third-order valence-corrected chi connectivity index (χ3v) is 2.30. The number of pyridine rings is 1. The van der Waals surface area contributed by atoms with Gasteiger partial charge in [0.05, 0.1) is 6.61 Å². The fourth-order valence-electron chi connectivity index (χ4n) is 1.19. The van der Waals surface area contributed by atoms with Gasteiger partial charge < -0.3 is 15.7 Å². The highest BCUT2D eigenvalue weighted by atomic mass is 16.5. The zero-order valence-corrected chi connectivity index (χ0v) is 8.26. The van der Waals surface area contributed by atoms with E-state index >= 15 is 0 Å². The third kappa shape index (κ3) is 2.59. The molecule has 2 rings (SSSR count). The molecule has 5 nitrogen and oxygen atoms in total. The molecule has 15 heavy (non-hydrogen) atoms. The molecule has 0 radical (unpaired) electrons. The highest BCUT2D eigenvalue weighted by Gasteiger charge is 2.22. The molecule has 80 valence electrons. The quantitative estimate of drug-likeness (QED) is 0.333. The number of rotatable bonds is 4. The maximum Gasteiger partial charge on any atom is 0.213 e. The molecule has 1 fully saturated rings. The molecule has 5 heteroatoms. The number of hydrogen-bond donors (Lipinski definition) is 2. The summed E-state index contributed by atoms with van der Waals surface area (Å²) in [6.07, 6.45) is 4.05. The number of aromatic nitrogens is 1. The third-order valence-electron chi connectivity index (χ3n) is 2.30. The zero-order chi connectivity index (χ0) is 10.7. The molecule has 0 spiro atoms. The van der Waals surface area contributed by atoms with E-state index in [1.165, 1.54) is 12.8 Å². The first-order valence-corrected chi connectivity index (χ1v) is 4.86. The number of nitrogens with zero attached hydrogens (tertiary/aromatic N) is 2. The molecular weight excluding hydrogens is 194 g/mol. The molecule has 1 aromatic heterocycles. The van der Waals surface area contributed by atoms with Gasteiger partial charge in [0.25, 0.3) is 0 Å². The highest BCUT2D eigenvalue weighted by molar-refractivity contribution is 5.97. The van der Waals surface area contributed by atoms with Crippen LogP contribution in [0.3, 0.4) is 0 Å². The lowest BCUT2D eigenvalue weighted by Crippen LogP contribution is -2.13. The molecular formula is C10H13N3O2. The Balaban J connectivity index is 2.03. The van der Waals surface area contributed by atoms with Gasteiger partial charge in [0, 0.05) is 17.8 Å². The van der Waals surface area contributed by atoms with Gasteiger partial charge in [0.1, 0.15) is 0 Å². The highest BCUT2D eigenvalue weighted by Crippen LogP contribution is 2.29. The summed E-state index contributed by atoms with van der Waals surface area (Å²) in [5, 5.41) is 11.4. The Labute approximate surface area is 87.6 Å². The first kappa shape index (κ1) is 9.76. The van der Waals surface area contributed by atoms with Crippen molar-refractivity contribution >= 4 is 5.84 Å². The maximum absolute atomic E-state index is 8.51. The summed E-state index contributed by atoms with van der Waals surface area (Å²) < 4.78 is 5.46. The van der Waals surface area contributed by atoms with E-state index in [9.17, 15) is 0 Å². The largest absolute Gasteiger partial charge is 0.477 e. The van der Waals surface area contributed by atoms with Crippen LogP contribution in [0.15, 0.2) is 23.5 Å². The molecule has 3 N–H and O–H groups in total. The molecule has 1 aliphatic carbocycles. The Kier molecular flexibility index (Phi) is 2.71. The predicted octanol–water partition coefficient (Wildman–Crippen LogP) is 0.965. The summed E-state index contributed by atoms with van der Waals surface area (Å²) in [5.41, 5.74) is 6.06. The van der Waals surface area contributed by atoms with E-state index in [1.807, 2.05) is 0 Å². The van der Waals surface area contributed by atoms with E-state index in [1.54, 1.807) is 18.3 Å². The monoisotopic (exact) mass is 207 g/mol. The van der Waals surface area contributed by atoms with Crippen molar-refractivity contribution in [1.29, 1.82) is 0 Å². The molecule has 0 amide bonds. The SMILES string of the molecule is NC(=NO)c1ccnc(OCC2CC2)c1. The molecule has 0 aromatic carbocycles. The molecule has 1 saturated carbocycles. The second-order valence-electron chi connectivity index (χ2n) is 3.62. The first-order valence-electron chi connectivity index (χ1n) is 4.86. The van der Waals surface area contributed by atoms with Crippen LogP contribution in [-0.2, 0) is 0 Å². The normalized spacial score (nSPS) is 16.4. The molecule has 0 bridgehead atoms. The van der Waals surface area contributed by atoms with Crippen molar-refractivity contribution in [3.63, 3.8) is 0 Å². The Hall–Kier alpha value is -1.78. The number of amidine groups is 1. The smallest absolute Gasteiger partial charge is 0.213 e. The molecule has 0 atom stereocenters. The first-order chi connectivity index (χ1) is 7.29. The van der Waals surface area contributed by atoms with Gasteiger partial charge in [-0.1, -0.05) is 5.16 Å². The van der Waals surface area contributed by atoms with Gasteiger partial charge in [0.15, 0.2) is 5.84 Å². The Morgan fingerprint density at radius 3 is 3.13 bits per heavy atom. The van der Waals surface area contributed by atoms with Gasteiger partial charge in [-0.05, 0) is 24.8 Å². The van der Waals surface area contributed by atoms with Gasteiger partial charge in [0.2, 0.25) is 5.88 Å². The van der Waals surface area contributed by atoms with Crippen LogP contribution >= 0.6 is 0 Å². The van der Waals surface area contributed by atoms with E-state index in [2.05, 4.69) is 10.1 Å². The van der Waals surface area contributed by atoms with Gasteiger partial charge in [-0.25, -0.2) is 4.98 Å². The van der Waals surface area contributed by atoms with Crippen LogP contribution in [0.2, 0.25) is 0 Å². The molecule has 1 aliphatic rings. The van der Waals surface area contributed by atoms with Crippen molar-refractivity contribution < 1.29 is 9.94 Å². The molecule has 1 heterocycles. The van der Waals surface area contributed by atoms with E-state index in [4.69, 9.17) is 15.7 Å². The van der Waals surface area contributed by atoms with Crippen LogP contribution in [0, 0.1) is 5.92 Å². The van der Waals surface area contributed by atoms with E-state index in [-0.39, 0.29) is 5.84 Å². The van der Waals surface area contributed by atoms with E-state index in [0.717, 1.165) is 0 Å². The topological polar surface area (TPSA) is 80.7 Å². The fraction of sp³-hybridized carbons (Fsp3) is 0.400. The lowest BCUT2D eigenvalue weighted by atomic mass is 10.2. The summed E-state index contributed by atoms with van der Waals surface area (Å²) in [6, 6.07) is 3.33. The average molecular weight is 207 g/mol. The van der Waals surface area contributed by atoms with Crippen LogP contribution in [0.4, 0.5) is 0 Å². The Morgan fingerprint density at radius 1 is 1.67 bits per heavy atom. The van der Waals surface area contributed by atoms with Crippen LogP contribution in [0.1, 0.15) is 18.4 Å². The van der Waals surface area contributed by atoms with Crippen molar-refractivity contribution in [2.45, 2.75) is 12.8 Å². The summed E-state index contributed by atoms with van der Waals surface area (Å²) in [4.78, 5) is 4.04. The number of ether oxygens (including phenoxy) is 1. The lowest BCUT2D eigenvalue weighted by Gasteiger charge is -2.05. The summed E-state index contributed by atoms with van der Waals surface area (Å²) in [7, 11) is 0. The molecule has 0 unspecified atom stereocenters. The summed E-state index contributed by atoms with van der Waals surface area (Å²) >= 11 is 0. The number of oxime groups is 1. The van der Waals surface area contributed by atoms with Crippen molar-refractivity contribution in [2.75, 3.05) is 6.61 Å². The fourth-order valence-corrected chi connectivity index (χ4v) is 1.19. The van der Waals surface area contributed by atoms with Crippen LogP contribution < -0.4 is 10.5 Å². The van der Waals surface area contributed by atoms with Crippen molar-refractivity contribution in [3.05, 3.63) is 23.9 Å². The van der Waals surface area contributed by atoms with Gasteiger partial charge in [-0.15, -0.1) is 0 Å². The molecule has 0 aliphatic heterocycles. The van der Waals surface area contributed by atoms with E-state index in [0.29, 0.717) is 24.0 Å². The summed E-state index contributed by atoms with van der Waals surface area (Å²) in [5.74, 6) is 1.26. The van der Waals surface area contributed by atoms with Crippen molar-refractivity contribution in [2.24, 2.45) is 16.8 Å². The number of nitrogens with two attached hydrogens (primary N) is 1. The van der Waals surface area contributed by atoms with Gasteiger partial charge in [-0.3, -0.25) is 0 Å². The second-order valence-corrected chi connectivity index (χ2v) is 3.62. The van der Waals surface area contributed by atoms with Gasteiger partial charge in [-0.2, -0.15) is 0 Å². The van der Waals surface area contributed by atoms with Gasteiger partial charge >= 0.3 is 0 Å². The van der Waals surface area contributed by atoms with Crippen LogP contribution in [0.25, 0.3) is 0 Å². The minimum absolute atomic E-state index is 0.0636.